The topological polar surface area (TPSA) is 158 Å². The number of aliphatic carboxylic acids is 1. The van der Waals surface area contributed by atoms with Gasteiger partial charge in [0.2, 0.25) is 5.91 Å². The van der Waals surface area contributed by atoms with Gasteiger partial charge < -0.3 is 24.6 Å². The zero-order chi connectivity index (χ0) is 26.2. The maximum atomic E-state index is 12.2. The maximum Gasteiger partial charge on any atom is 0.322 e. The van der Waals surface area contributed by atoms with Crippen LogP contribution < -0.4 is 5.32 Å². The van der Waals surface area contributed by atoms with Gasteiger partial charge in [-0.15, -0.1) is 0 Å². The van der Waals surface area contributed by atoms with E-state index in [1.165, 1.54) is 21.3 Å². The van der Waals surface area contributed by atoms with Gasteiger partial charge >= 0.3 is 23.9 Å². The van der Waals surface area contributed by atoms with Gasteiger partial charge in [0.05, 0.1) is 47.5 Å². The number of carbonyl (C=O) groups is 5. The first kappa shape index (κ1) is 30.2. The molecule has 0 aliphatic carbocycles. The van der Waals surface area contributed by atoms with E-state index in [4.69, 9.17) is 19.3 Å². The lowest BCUT2D eigenvalue weighted by Gasteiger charge is -2.33. The van der Waals surface area contributed by atoms with Crippen LogP contribution in [0.2, 0.25) is 0 Å². The normalized spacial score (nSPS) is 17.5. The van der Waals surface area contributed by atoms with Crippen LogP contribution in [0.5, 0.6) is 0 Å². The fraction of sp³-hybridized carbons (Fsp3) is 0.762. The molecule has 14 nitrogen and oxygen atoms in total. The van der Waals surface area contributed by atoms with Crippen LogP contribution in [0.15, 0.2) is 0 Å². The highest BCUT2D eigenvalue weighted by molar-refractivity contribution is 5.82. The number of carbonyl (C=O) groups excluding carboxylic acids is 4. The standard InChI is InChI=1S/C21H37N5O9/c1-33-19(30)14-24-6-4-23(13-17(27)22-12-18(28)29)5-7-25(15-20(31)34-2)9-11-26(10-8-24)16-21(32)35-3/h4-16H2,1-3H3,(H,22,27)(H,28,29). The Morgan fingerprint density at radius 1 is 0.600 bits per heavy atom. The van der Waals surface area contributed by atoms with Crippen molar-refractivity contribution in [2.75, 3.05) is 106 Å². The molecule has 0 aromatic carbocycles. The summed E-state index contributed by atoms with van der Waals surface area (Å²) in [5.74, 6) is -2.80. The van der Waals surface area contributed by atoms with Gasteiger partial charge in [-0.1, -0.05) is 0 Å². The van der Waals surface area contributed by atoms with Crippen molar-refractivity contribution >= 4 is 29.8 Å². The molecule has 2 N–H and O–H groups in total. The summed E-state index contributed by atoms with van der Waals surface area (Å²) in [5.41, 5.74) is 0. The van der Waals surface area contributed by atoms with Crippen molar-refractivity contribution < 1.29 is 43.3 Å². The highest BCUT2D eigenvalue weighted by Gasteiger charge is 2.22. The van der Waals surface area contributed by atoms with E-state index in [0.717, 1.165) is 0 Å². The van der Waals surface area contributed by atoms with E-state index in [1.807, 2.05) is 19.6 Å². The van der Waals surface area contributed by atoms with Crippen LogP contribution in [-0.2, 0) is 38.2 Å². The minimum absolute atomic E-state index is 0.0378. The smallest absolute Gasteiger partial charge is 0.322 e. The largest absolute Gasteiger partial charge is 0.480 e. The Hall–Kier alpha value is -2.81. The van der Waals surface area contributed by atoms with E-state index < -0.39 is 36.3 Å². The quantitative estimate of drug-likeness (QED) is 0.229. The SMILES string of the molecule is COC(=O)CN1CCN(CC(=O)NCC(=O)O)CCN(CC(=O)OC)CCN(CC(=O)OC)CC1. The van der Waals surface area contributed by atoms with Gasteiger partial charge in [-0.3, -0.25) is 43.6 Å². The van der Waals surface area contributed by atoms with Crippen LogP contribution in [0.25, 0.3) is 0 Å². The lowest BCUT2D eigenvalue weighted by atomic mass is 10.3. The average molecular weight is 504 g/mol. The predicted octanol–water partition coefficient (Wildman–Crippen LogP) is -3.07. The molecule has 0 spiro atoms. The molecule has 0 unspecified atom stereocenters. The van der Waals surface area contributed by atoms with Crippen molar-refractivity contribution in [3.63, 3.8) is 0 Å². The Morgan fingerprint density at radius 2 is 0.886 bits per heavy atom. The Labute approximate surface area is 205 Å². The molecule has 0 aromatic rings. The first-order valence-corrected chi connectivity index (χ1v) is 11.2. The molecule has 1 aliphatic heterocycles. The Kier molecular flexibility index (Phi) is 14.5. The van der Waals surface area contributed by atoms with E-state index in [2.05, 4.69) is 5.32 Å². The molecule has 0 atom stereocenters. The van der Waals surface area contributed by atoms with Gasteiger partial charge in [-0.05, 0) is 0 Å². The number of amides is 1. The predicted molar refractivity (Wildman–Crippen MR) is 122 cm³/mol. The third kappa shape index (κ3) is 13.6. The number of nitrogens with one attached hydrogen (secondary N) is 1. The number of carboxylic acids is 1. The third-order valence-electron chi connectivity index (χ3n) is 5.47. The van der Waals surface area contributed by atoms with Crippen molar-refractivity contribution in [2.45, 2.75) is 0 Å². The number of rotatable bonds is 10. The van der Waals surface area contributed by atoms with E-state index in [0.29, 0.717) is 52.4 Å². The summed E-state index contributed by atoms with van der Waals surface area (Å²) >= 11 is 0. The van der Waals surface area contributed by atoms with Crippen LogP contribution in [-0.4, -0.2) is 161 Å². The fourth-order valence-electron chi connectivity index (χ4n) is 3.39. The van der Waals surface area contributed by atoms with Gasteiger partial charge in [0.1, 0.15) is 6.54 Å². The molecule has 1 fully saturated rings. The number of methoxy groups -OCH3 is 3. The zero-order valence-electron chi connectivity index (χ0n) is 20.7. The summed E-state index contributed by atoms with van der Waals surface area (Å²) in [5, 5.41) is 11.1. The zero-order valence-corrected chi connectivity index (χ0v) is 20.7. The number of nitrogens with zero attached hydrogens (tertiary/aromatic N) is 4. The molecule has 1 amide bonds. The number of hydrogen-bond donors (Lipinski definition) is 2. The van der Waals surface area contributed by atoms with Gasteiger partial charge in [0.25, 0.3) is 0 Å². The molecule has 1 rings (SSSR count). The monoisotopic (exact) mass is 503 g/mol. The second kappa shape index (κ2) is 16.8. The molecule has 1 saturated heterocycles. The summed E-state index contributed by atoms with van der Waals surface area (Å²) in [6.07, 6.45) is 0. The van der Waals surface area contributed by atoms with E-state index in [-0.39, 0.29) is 26.2 Å². The summed E-state index contributed by atoms with van der Waals surface area (Å²) in [6, 6.07) is 0. The lowest BCUT2D eigenvalue weighted by molar-refractivity contribution is -0.144. The molecular formula is C21H37N5O9. The summed E-state index contributed by atoms with van der Waals surface area (Å²) in [7, 11) is 3.92. The molecule has 0 radical (unpaired) electrons. The van der Waals surface area contributed by atoms with E-state index in [1.54, 1.807) is 0 Å². The maximum absolute atomic E-state index is 12.2. The number of esters is 3. The number of ether oxygens (including phenoxy) is 3. The lowest BCUT2D eigenvalue weighted by Crippen LogP contribution is -2.50. The van der Waals surface area contributed by atoms with Crippen molar-refractivity contribution in [1.29, 1.82) is 0 Å². The molecule has 200 valence electrons. The van der Waals surface area contributed by atoms with Gasteiger partial charge in [-0.25, -0.2) is 0 Å². The molecular weight excluding hydrogens is 466 g/mol. The fourth-order valence-corrected chi connectivity index (χ4v) is 3.39. The van der Waals surface area contributed by atoms with Crippen molar-refractivity contribution in [2.24, 2.45) is 0 Å². The minimum atomic E-state index is -1.14. The Morgan fingerprint density at radius 3 is 1.14 bits per heavy atom. The van der Waals surface area contributed by atoms with E-state index >= 15 is 0 Å². The van der Waals surface area contributed by atoms with Crippen LogP contribution >= 0.6 is 0 Å². The first-order valence-electron chi connectivity index (χ1n) is 11.2. The van der Waals surface area contributed by atoms with Gasteiger partial charge in [0.15, 0.2) is 0 Å². The first-order chi connectivity index (χ1) is 16.7. The van der Waals surface area contributed by atoms with Crippen LogP contribution in [0.1, 0.15) is 0 Å². The molecule has 0 aromatic heterocycles. The third-order valence-corrected chi connectivity index (χ3v) is 5.47. The Bertz CT molecular complexity index is 687. The highest BCUT2D eigenvalue weighted by Crippen LogP contribution is 2.02. The van der Waals surface area contributed by atoms with Crippen LogP contribution in [0, 0.1) is 0 Å². The van der Waals surface area contributed by atoms with Crippen molar-refractivity contribution in [1.82, 2.24) is 24.9 Å². The molecule has 0 saturated carbocycles. The van der Waals surface area contributed by atoms with Crippen LogP contribution in [0.4, 0.5) is 0 Å². The van der Waals surface area contributed by atoms with Crippen molar-refractivity contribution in [3.8, 4) is 0 Å². The second-order valence-electron chi connectivity index (χ2n) is 8.00. The molecule has 1 aliphatic rings. The summed E-state index contributed by atoms with van der Waals surface area (Å²) < 4.78 is 14.4. The van der Waals surface area contributed by atoms with Crippen molar-refractivity contribution in [3.05, 3.63) is 0 Å². The number of carboxylic acid groups (broad SMARTS) is 1. The molecule has 0 bridgehead atoms. The molecule has 1 heterocycles. The summed E-state index contributed by atoms with van der Waals surface area (Å²) in [4.78, 5) is 66.1. The second-order valence-corrected chi connectivity index (χ2v) is 8.00. The molecule has 35 heavy (non-hydrogen) atoms. The minimum Gasteiger partial charge on any atom is -0.480 e. The average Bonchev–Trinajstić information content (AvgIpc) is 2.83. The van der Waals surface area contributed by atoms with Gasteiger partial charge in [0, 0.05) is 52.4 Å². The number of hydrogen-bond acceptors (Lipinski definition) is 12. The van der Waals surface area contributed by atoms with Gasteiger partial charge in [-0.2, -0.15) is 0 Å². The van der Waals surface area contributed by atoms with Crippen LogP contribution in [0.3, 0.4) is 0 Å². The Balaban J connectivity index is 3.00. The highest BCUT2D eigenvalue weighted by atomic mass is 16.5. The van der Waals surface area contributed by atoms with E-state index in [9.17, 15) is 24.0 Å². The summed E-state index contributed by atoms with van der Waals surface area (Å²) in [6.45, 7) is 3.07. The molecule has 14 heteroatoms.